The third kappa shape index (κ3) is 3.48. The van der Waals surface area contributed by atoms with Crippen molar-refractivity contribution in [2.75, 3.05) is 16.3 Å². The van der Waals surface area contributed by atoms with E-state index in [1.165, 1.54) is 4.90 Å². The maximum atomic E-state index is 14.1. The van der Waals surface area contributed by atoms with Gasteiger partial charge in [0.15, 0.2) is 0 Å². The molecule has 0 radical (unpaired) electrons. The van der Waals surface area contributed by atoms with Crippen LogP contribution in [0.3, 0.4) is 0 Å². The molecule has 0 fully saturated rings. The van der Waals surface area contributed by atoms with Crippen molar-refractivity contribution >= 4 is 39.5 Å². The molecule has 0 N–H and O–H groups in total. The molecule has 4 aromatic rings. The predicted molar refractivity (Wildman–Crippen MR) is 139 cm³/mol. The molecule has 168 valence electrons. The molecule has 0 aliphatic carbocycles. The fourth-order valence-corrected chi connectivity index (χ4v) is 4.63. The summed E-state index contributed by atoms with van der Waals surface area (Å²) in [6.45, 7) is 6.62. The Morgan fingerprint density at radius 3 is 2.18 bits per heavy atom. The van der Waals surface area contributed by atoms with Crippen LogP contribution in [-0.4, -0.2) is 18.4 Å². The number of carbonyl (C=O) groups is 2. The Bertz CT molecular complexity index is 1450. The van der Waals surface area contributed by atoms with Crippen LogP contribution < -0.4 is 9.80 Å². The summed E-state index contributed by atoms with van der Waals surface area (Å²) in [4.78, 5) is 31.4. The molecule has 0 saturated heterocycles. The van der Waals surface area contributed by atoms with Crippen LogP contribution in [0.1, 0.15) is 23.6 Å². The van der Waals surface area contributed by atoms with E-state index >= 15 is 0 Å². The average Bonchev–Trinajstić information content (AvgIpc) is 3.11. The Kier molecular flexibility index (Phi) is 5.50. The fraction of sp³-hybridized carbons (Fsp3) is 0.133. The molecule has 5 rings (SSSR count). The SMILES string of the molecule is CCN(C1=C(c2ccc(C)c(C)c2)C(=O)N(c2cccc3ccccc23)C1=O)c1ccccc1. The molecule has 1 aliphatic rings. The maximum Gasteiger partial charge on any atom is 0.282 e. The van der Waals surface area contributed by atoms with Gasteiger partial charge >= 0.3 is 0 Å². The van der Waals surface area contributed by atoms with E-state index in [1.54, 1.807) is 0 Å². The zero-order valence-corrected chi connectivity index (χ0v) is 19.6. The van der Waals surface area contributed by atoms with Crippen LogP contribution in [0.4, 0.5) is 11.4 Å². The molecule has 0 saturated carbocycles. The van der Waals surface area contributed by atoms with Crippen molar-refractivity contribution in [1.29, 1.82) is 0 Å². The number of likely N-dealkylation sites (N-methyl/N-ethyl adjacent to an activating group) is 1. The number of fused-ring (bicyclic) bond motifs is 1. The first-order chi connectivity index (χ1) is 16.5. The minimum Gasteiger partial charge on any atom is -0.337 e. The fourth-order valence-electron chi connectivity index (χ4n) is 4.63. The van der Waals surface area contributed by atoms with Crippen LogP contribution >= 0.6 is 0 Å². The van der Waals surface area contributed by atoms with E-state index in [0.717, 1.165) is 33.2 Å². The molecule has 4 nitrogen and oxygen atoms in total. The van der Waals surface area contributed by atoms with Gasteiger partial charge in [-0.15, -0.1) is 0 Å². The number of aryl methyl sites for hydroxylation is 2. The van der Waals surface area contributed by atoms with Gasteiger partial charge in [-0.3, -0.25) is 9.59 Å². The number of nitrogens with zero attached hydrogens (tertiary/aromatic N) is 2. The number of amides is 2. The van der Waals surface area contributed by atoms with Crippen LogP contribution in [-0.2, 0) is 9.59 Å². The molecule has 34 heavy (non-hydrogen) atoms. The Labute approximate surface area is 199 Å². The monoisotopic (exact) mass is 446 g/mol. The topological polar surface area (TPSA) is 40.6 Å². The standard InChI is InChI=1S/C30H26N2O2/c1-4-31(24-13-6-5-7-14-24)28-27(23-18-17-20(2)21(3)19-23)29(33)32(30(28)34)26-16-10-12-22-11-8-9-15-25(22)26/h5-19H,4H2,1-3H3. The second-order valence-electron chi connectivity index (χ2n) is 8.55. The number of imide groups is 1. The van der Waals surface area contributed by atoms with E-state index in [0.29, 0.717) is 23.5 Å². The van der Waals surface area contributed by atoms with Crippen LogP contribution in [0.25, 0.3) is 16.3 Å². The Hall–Kier alpha value is -4.18. The van der Waals surface area contributed by atoms with Gasteiger partial charge in [-0.05, 0) is 61.0 Å². The first kappa shape index (κ1) is 21.7. The number of anilines is 2. The Morgan fingerprint density at radius 2 is 1.44 bits per heavy atom. The van der Waals surface area contributed by atoms with Crippen LogP contribution in [0, 0.1) is 13.8 Å². The lowest BCUT2D eigenvalue weighted by molar-refractivity contribution is -0.120. The summed E-state index contributed by atoms with van der Waals surface area (Å²) >= 11 is 0. The second kappa shape index (κ2) is 8.64. The maximum absolute atomic E-state index is 14.1. The minimum atomic E-state index is -0.305. The molecule has 0 spiro atoms. The van der Waals surface area contributed by atoms with Crippen LogP contribution in [0.15, 0.2) is 96.7 Å². The van der Waals surface area contributed by atoms with Crippen molar-refractivity contribution in [2.24, 2.45) is 0 Å². The molecule has 4 heteroatoms. The zero-order chi connectivity index (χ0) is 23.8. The Morgan fingerprint density at radius 1 is 0.735 bits per heavy atom. The first-order valence-electron chi connectivity index (χ1n) is 11.5. The van der Waals surface area contributed by atoms with Crippen molar-refractivity contribution < 1.29 is 9.59 Å². The van der Waals surface area contributed by atoms with Crippen molar-refractivity contribution in [3.63, 3.8) is 0 Å². The molecule has 4 aromatic carbocycles. The van der Waals surface area contributed by atoms with Crippen LogP contribution in [0.2, 0.25) is 0 Å². The van der Waals surface area contributed by atoms with Gasteiger partial charge in [-0.1, -0.05) is 72.8 Å². The lowest BCUT2D eigenvalue weighted by Gasteiger charge is -2.25. The largest absolute Gasteiger partial charge is 0.337 e. The molecule has 2 amide bonds. The molecule has 1 aliphatic heterocycles. The first-order valence-corrected chi connectivity index (χ1v) is 11.5. The average molecular weight is 447 g/mol. The molecule has 0 aromatic heterocycles. The van der Waals surface area contributed by atoms with E-state index in [1.807, 2.05) is 117 Å². The van der Waals surface area contributed by atoms with Gasteiger partial charge in [0.05, 0.1) is 11.3 Å². The second-order valence-corrected chi connectivity index (χ2v) is 8.55. The summed E-state index contributed by atoms with van der Waals surface area (Å²) in [5.74, 6) is -0.603. The summed E-state index contributed by atoms with van der Waals surface area (Å²) in [7, 11) is 0. The predicted octanol–water partition coefficient (Wildman–Crippen LogP) is 6.27. The van der Waals surface area contributed by atoms with E-state index in [2.05, 4.69) is 0 Å². The van der Waals surface area contributed by atoms with Crippen LogP contribution in [0.5, 0.6) is 0 Å². The number of hydrogen-bond donors (Lipinski definition) is 0. The third-order valence-corrected chi connectivity index (χ3v) is 6.52. The summed E-state index contributed by atoms with van der Waals surface area (Å²) in [6, 6.07) is 29.3. The van der Waals surface area contributed by atoms with Gasteiger partial charge in [0.2, 0.25) is 0 Å². The number of carbonyl (C=O) groups excluding carboxylic acids is 2. The molecular formula is C30H26N2O2. The van der Waals surface area contributed by atoms with Crippen molar-refractivity contribution in [1.82, 2.24) is 0 Å². The molecule has 1 heterocycles. The van der Waals surface area contributed by atoms with Gasteiger partial charge in [-0.25, -0.2) is 4.90 Å². The zero-order valence-electron chi connectivity index (χ0n) is 19.6. The smallest absolute Gasteiger partial charge is 0.282 e. The van der Waals surface area contributed by atoms with E-state index in [9.17, 15) is 9.59 Å². The highest BCUT2D eigenvalue weighted by Crippen LogP contribution is 2.39. The highest BCUT2D eigenvalue weighted by Gasteiger charge is 2.43. The minimum absolute atomic E-state index is 0.297. The number of para-hydroxylation sites is 1. The van der Waals surface area contributed by atoms with E-state index < -0.39 is 0 Å². The summed E-state index contributed by atoms with van der Waals surface area (Å²) in [6.07, 6.45) is 0. The van der Waals surface area contributed by atoms with Gasteiger partial charge in [-0.2, -0.15) is 0 Å². The molecule has 0 unspecified atom stereocenters. The van der Waals surface area contributed by atoms with Gasteiger partial charge in [0, 0.05) is 17.6 Å². The lowest BCUT2D eigenvalue weighted by Crippen LogP contribution is -2.35. The lowest BCUT2D eigenvalue weighted by atomic mass is 9.99. The van der Waals surface area contributed by atoms with E-state index in [4.69, 9.17) is 0 Å². The molecular weight excluding hydrogens is 420 g/mol. The number of hydrogen-bond acceptors (Lipinski definition) is 3. The summed E-state index contributed by atoms with van der Waals surface area (Å²) < 4.78 is 0. The Balaban J connectivity index is 1.74. The molecule has 0 atom stereocenters. The van der Waals surface area contributed by atoms with Crippen molar-refractivity contribution in [2.45, 2.75) is 20.8 Å². The highest BCUT2D eigenvalue weighted by molar-refractivity contribution is 6.47. The molecule has 0 bridgehead atoms. The highest BCUT2D eigenvalue weighted by atomic mass is 16.2. The number of benzene rings is 4. The van der Waals surface area contributed by atoms with Gasteiger partial charge < -0.3 is 4.90 Å². The van der Waals surface area contributed by atoms with Gasteiger partial charge in [0.25, 0.3) is 11.8 Å². The van der Waals surface area contributed by atoms with Crippen molar-refractivity contribution in [3.8, 4) is 0 Å². The van der Waals surface area contributed by atoms with E-state index in [-0.39, 0.29) is 11.8 Å². The summed E-state index contributed by atoms with van der Waals surface area (Å²) in [5, 5.41) is 1.85. The summed E-state index contributed by atoms with van der Waals surface area (Å²) in [5.41, 5.74) is 5.31. The normalized spacial score (nSPS) is 13.8. The van der Waals surface area contributed by atoms with Crippen molar-refractivity contribution in [3.05, 3.63) is 113 Å². The van der Waals surface area contributed by atoms with Gasteiger partial charge in [0.1, 0.15) is 5.70 Å². The third-order valence-electron chi connectivity index (χ3n) is 6.52. The quantitative estimate of drug-likeness (QED) is 0.339. The number of rotatable bonds is 5.